The minimum atomic E-state index is 0.276. The molecule has 0 amide bonds. The quantitative estimate of drug-likeness (QED) is 0.903. The van der Waals surface area contributed by atoms with Gasteiger partial charge >= 0.3 is 0 Å². The van der Waals surface area contributed by atoms with Crippen LogP contribution >= 0.6 is 0 Å². The number of nitrogens with one attached hydrogen (secondary N) is 1. The molecular weight excluding hydrogens is 238 g/mol. The minimum Gasteiger partial charge on any atom is -0.375 e. The smallest absolute Gasteiger partial charge is 0.129 e. The van der Waals surface area contributed by atoms with E-state index >= 15 is 0 Å². The molecule has 0 spiro atoms. The Balaban J connectivity index is 2.27. The molecule has 1 aromatic heterocycles. The molecule has 0 bridgehead atoms. The fourth-order valence-electron chi connectivity index (χ4n) is 2.64. The fourth-order valence-corrected chi connectivity index (χ4v) is 2.64. The third kappa shape index (κ3) is 3.45. The molecule has 0 aliphatic carbocycles. The summed E-state index contributed by atoms with van der Waals surface area (Å²) in [6, 6.07) is 4.78. The Labute approximate surface area is 116 Å². The lowest BCUT2D eigenvalue weighted by Crippen LogP contribution is -2.49. The molecule has 2 heterocycles. The van der Waals surface area contributed by atoms with Crippen LogP contribution in [0.5, 0.6) is 0 Å². The highest BCUT2D eigenvalue weighted by atomic mass is 16.5. The highest BCUT2D eigenvalue weighted by Gasteiger charge is 2.26. The second-order valence-electron chi connectivity index (χ2n) is 5.36. The number of anilines is 1. The first-order valence-corrected chi connectivity index (χ1v) is 7.14. The molecule has 1 saturated heterocycles. The average molecular weight is 263 g/mol. The van der Waals surface area contributed by atoms with Crippen LogP contribution in [0, 0.1) is 6.92 Å². The minimum absolute atomic E-state index is 0.276. The van der Waals surface area contributed by atoms with Gasteiger partial charge in [0, 0.05) is 18.8 Å². The molecule has 2 unspecified atom stereocenters. The van der Waals surface area contributed by atoms with E-state index in [1.54, 1.807) is 0 Å². The van der Waals surface area contributed by atoms with Crippen LogP contribution in [0.15, 0.2) is 12.1 Å². The van der Waals surface area contributed by atoms with Gasteiger partial charge in [-0.3, -0.25) is 0 Å². The fraction of sp³-hybridized carbons (Fsp3) is 0.667. The highest BCUT2D eigenvalue weighted by Crippen LogP contribution is 2.23. The van der Waals surface area contributed by atoms with Crippen LogP contribution in [0.1, 0.15) is 31.5 Å². The summed E-state index contributed by atoms with van der Waals surface area (Å²) in [5, 5.41) is 3.20. The molecular formula is C15H25N3O. The summed E-state index contributed by atoms with van der Waals surface area (Å²) < 4.78 is 5.76. The molecule has 1 fully saturated rings. The second-order valence-corrected chi connectivity index (χ2v) is 5.36. The summed E-state index contributed by atoms with van der Waals surface area (Å²) in [6.45, 7) is 9.01. The first-order valence-electron chi connectivity index (χ1n) is 7.14. The van der Waals surface area contributed by atoms with Crippen LogP contribution in [0.3, 0.4) is 0 Å². The zero-order valence-electron chi connectivity index (χ0n) is 12.4. The van der Waals surface area contributed by atoms with Crippen molar-refractivity contribution in [3.05, 3.63) is 23.4 Å². The topological polar surface area (TPSA) is 37.4 Å². The van der Waals surface area contributed by atoms with Gasteiger partial charge in [0.2, 0.25) is 0 Å². The number of aromatic nitrogens is 1. The summed E-state index contributed by atoms with van der Waals surface area (Å²) in [4.78, 5) is 7.12. The van der Waals surface area contributed by atoms with Gasteiger partial charge in [-0.1, -0.05) is 6.92 Å². The molecule has 2 atom stereocenters. The van der Waals surface area contributed by atoms with Crippen molar-refractivity contribution < 1.29 is 4.74 Å². The van der Waals surface area contributed by atoms with Gasteiger partial charge in [0.1, 0.15) is 5.82 Å². The van der Waals surface area contributed by atoms with E-state index in [1.165, 1.54) is 5.56 Å². The van der Waals surface area contributed by atoms with Gasteiger partial charge < -0.3 is 15.0 Å². The first-order chi connectivity index (χ1) is 9.13. The molecule has 106 valence electrons. The molecule has 1 N–H and O–H groups in total. The van der Waals surface area contributed by atoms with Crippen molar-refractivity contribution in [2.45, 2.75) is 45.9 Å². The summed E-state index contributed by atoms with van der Waals surface area (Å²) in [5.41, 5.74) is 2.37. The molecule has 1 aromatic rings. The van der Waals surface area contributed by atoms with E-state index in [9.17, 15) is 0 Å². The average Bonchev–Trinajstić information content (AvgIpc) is 2.38. The maximum absolute atomic E-state index is 5.76. The summed E-state index contributed by atoms with van der Waals surface area (Å²) in [5.74, 6) is 1.09. The maximum atomic E-state index is 5.76. The SMILES string of the molecule is CCC1COC(C)CN1c1cc(CNC)cc(C)n1. The predicted octanol–water partition coefficient (Wildman–Crippen LogP) is 2.11. The number of hydrogen-bond acceptors (Lipinski definition) is 4. The third-order valence-corrected chi connectivity index (χ3v) is 3.61. The van der Waals surface area contributed by atoms with Crippen LogP contribution in [0.25, 0.3) is 0 Å². The zero-order chi connectivity index (χ0) is 13.8. The van der Waals surface area contributed by atoms with Crippen molar-refractivity contribution in [1.29, 1.82) is 0 Å². The molecule has 0 saturated carbocycles. The Kier molecular flexibility index (Phi) is 4.77. The Hall–Kier alpha value is -1.13. The van der Waals surface area contributed by atoms with Crippen LogP contribution in [-0.2, 0) is 11.3 Å². The van der Waals surface area contributed by atoms with Crippen LogP contribution < -0.4 is 10.2 Å². The molecule has 0 aromatic carbocycles. The van der Waals surface area contributed by atoms with Crippen molar-refractivity contribution in [2.75, 3.05) is 25.1 Å². The van der Waals surface area contributed by atoms with Gasteiger partial charge in [-0.15, -0.1) is 0 Å². The molecule has 4 nitrogen and oxygen atoms in total. The van der Waals surface area contributed by atoms with Crippen LogP contribution in [-0.4, -0.2) is 37.3 Å². The van der Waals surface area contributed by atoms with E-state index in [1.807, 2.05) is 7.05 Å². The van der Waals surface area contributed by atoms with Crippen LogP contribution in [0.2, 0.25) is 0 Å². The molecule has 19 heavy (non-hydrogen) atoms. The lowest BCUT2D eigenvalue weighted by atomic mass is 10.1. The van der Waals surface area contributed by atoms with Crippen LogP contribution in [0.4, 0.5) is 5.82 Å². The monoisotopic (exact) mass is 263 g/mol. The summed E-state index contributed by atoms with van der Waals surface area (Å²) in [7, 11) is 1.97. The number of aryl methyl sites for hydroxylation is 1. The third-order valence-electron chi connectivity index (χ3n) is 3.61. The van der Waals surface area contributed by atoms with E-state index in [2.05, 4.69) is 43.1 Å². The zero-order valence-corrected chi connectivity index (χ0v) is 12.4. The number of pyridine rings is 1. The number of hydrogen-bond donors (Lipinski definition) is 1. The maximum Gasteiger partial charge on any atom is 0.129 e. The van der Waals surface area contributed by atoms with E-state index in [4.69, 9.17) is 9.72 Å². The molecule has 4 heteroatoms. The van der Waals surface area contributed by atoms with Gasteiger partial charge in [0.25, 0.3) is 0 Å². The number of rotatable bonds is 4. The normalized spacial score (nSPS) is 23.7. The number of nitrogens with zero attached hydrogens (tertiary/aromatic N) is 2. The van der Waals surface area contributed by atoms with E-state index < -0.39 is 0 Å². The Morgan fingerprint density at radius 2 is 2.26 bits per heavy atom. The van der Waals surface area contributed by atoms with Gasteiger partial charge in [0.05, 0.1) is 18.8 Å². The summed E-state index contributed by atoms with van der Waals surface area (Å²) >= 11 is 0. The van der Waals surface area contributed by atoms with E-state index in [0.29, 0.717) is 6.04 Å². The summed E-state index contributed by atoms with van der Waals surface area (Å²) in [6.07, 6.45) is 1.36. The van der Waals surface area contributed by atoms with Crippen molar-refractivity contribution in [2.24, 2.45) is 0 Å². The molecule has 0 radical (unpaired) electrons. The Morgan fingerprint density at radius 1 is 1.47 bits per heavy atom. The number of ether oxygens (including phenoxy) is 1. The standard InChI is InChI=1S/C15H25N3O/c1-5-14-10-19-12(3)9-18(14)15-7-13(8-16-4)6-11(2)17-15/h6-7,12,14,16H,5,8-10H2,1-4H3. The lowest BCUT2D eigenvalue weighted by molar-refractivity contribution is 0.0296. The second kappa shape index (κ2) is 6.35. The Morgan fingerprint density at radius 3 is 2.95 bits per heavy atom. The largest absolute Gasteiger partial charge is 0.375 e. The van der Waals surface area contributed by atoms with Gasteiger partial charge in [-0.2, -0.15) is 0 Å². The van der Waals surface area contributed by atoms with Gasteiger partial charge in [0.15, 0.2) is 0 Å². The molecule has 1 aliphatic heterocycles. The molecule has 1 aliphatic rings. The van der Waals surface area contributed by atoms with Gasteiger partial charge in [-0.05, 0) is 45.0 Å². The lowest BCUT2D eigenvalue weighted by Gasteiger charge is -2.39. The Bertz CT molecular complexity index is 422. The van der Waals surface area contributed by atoms with E-state index in [0.717, 1.165) is 37.6 Å². The van der Waals surface area contributed by atoms with Crippen molar-refractivity contribution in [3.63, 3.8) is 0 Å². The predicted molar refractivity (Wildman–Crippen MR) is 78.6 cm³/mol. The van der Waals surface area contributed by atoms with Crippen molar-refractivity contribution >= 4 is 5.82 Å². The number of morpholine rings is 1. The van der Waals surface area contributed by atoms with E-state index in [-0.39, 0.29) is 6.10 Å². The molecule has 2 rings (SSSR count). The van der Waals surface area contributed by atoms with Crippen molar-refractivity contribution in [3.8, 4) is 0 Å². The first kappa shape index (κ1) is 14.3. The van der Waals surface area contributed by atoms with Crippen molar-refractivity contribution in [1.82, 2.24) is 10.3 Å². The van der Waals surface area contributed by atoms with Gasteiger partial charge in [-0.25, -0.2) is 4.98 Å². The highest BCUT2D eigenvalue weighted by molar-refractivity contribution is 5.44.